The van der Waals surface area contributed by atoms with Gasteiger partial charge in [0.15, 0.2) is 5.58 Å². The van der Waals surface area contributed by atoms with Crippen LogP contribution in [0.15, 0.2) is 27.7 Å². The maximum atomic E-state index is 12.7. The first kappa shape index (κ1) is 18.2. The lowest BCUT2D eigenvalue weighted by Gasteiger charge is -2.35. The average molecular weight is 407 g/mol. The Labute approximate surface area is 159 Å². The van der Waals surface area contributed by atoms with Crippen molar-refractivity contribution in [2.24, 2.45) is 5.10 Å². The first-order chi connectivity index (χ1) is 13.3. The van der Waals surface area contributed by atoms with Crippen molar-refractivity contribution in [2.75, 3.05) is 5.43 Å². The molecule has 1 saturated carbocycles. The van der Waals surface area contributed by atoms with E-state index in [0.29, 0.717) is 28.2 Å². The Morgan fingerprint density at radius 2 is 2.00 bits per heavy atom. The number of phenols is 1. The molecule has 2 amide bonds. The number of hydrogen-bond acceptors (Lipinski definition) is 9. The molecule has 3 N–H and O–H groups in total. The highest BCUT2D eigenvalue weighted by Gasteiger charge is 2.45. The number of fused-ring (bicyclic) bond motifs is 1. The predicted molar refractivity (Wildman–Crippen MR) is 97.5 cm³/mol. The number of carbonyl (C=O) groups is 2. The van der Waals surface area contributed by atoms with Crippen molar-refractivity contribution < 1.29 is 27.5 Å². The maximum absolute atomic E-state index is 12.7. The Morgan fingerprint density at radius 1 is 1.25 bits per heavy atom. The van der Waals surface area contributed by atoms with Gasteiger partial charge in [0.05, 0.1) is 6.04 Å². The molecule has 28 heavy (non-hydrogen) atoms. The van der Waals surface area contributed by atoms with Gasteiger partial charge in [0, 0.05) is 6.07 Å². The molecule has 0 radical (unpaired) electrons. The summed E-state index contributed by atoms with van der Waals surface area (Å²) in [4.78, 5) is 28.8. The van der Waals surface area contributed by atoms with E-state index in [9.17, 15) is 23.1 Å². The standard InChI is InChI=1S/C16H17N5O6S/c22-10-6-7-12-11(8-10)17-16(27-12)19-18-13-14(23)20-28(25,26)21(15(13)24)9-4-2-1-3-5-9/h6-9,22H,1-5H2,(H,17,19)(H,20,23). The Morgan fingerprint density at radius 3 is 2.75 bits per heavy atom. The number of anilines is 1. The summed E-state index contributed by atoms with van der Waals surface area (Å²) in [7, 11) is -4.25. The molecular weight excluding hydrogens is 390 g/mol. The molecule has 12 heteroatoms. The molecular formula is C16H17N5O6S. The first-order valence-electron chi connectivity index (χ1n) is 8.69. The van der Waals surface area contributed by atoms with E-state index in [4.69, 9.17) is 4.42 Å². The molecule has 4 rings (SSSR count). The van der Waals surface area contributed by atoms with Crippen LogP contribution in [0, 0.1) is 0 Å². The number of benzene rings is 1. The zero-order valence-electron chi connectivity index (χ0n) is 14.6. The first-order valence-corrected chi connectivity index (χ1v) is 10.1. The number of nitrogens with one attached hydrogen (secondary N) is 2. The van der Waals surface area contributed by atoms with Gasteiger partial charge < -0.3 is 9.52 Å². The van der Waals surface area contributed by atoms with Crippen molar-refractivity contribution in [2.45, 2.75) is 38.1 Å². The van der Waals surface area contributed by atoms with Crippen molar-refractivity contribution in [3.05, 3.63) is 18.2 Å². The summed E-state index contributed by atoms with van der Waals surface area (Å²) in [6.45, 7) is 0. The fraction of sp³-hybridized carbons (Fsp3) is 0.375. The number of aromatic nitrogens is 1. The number of aromatic hydroxyl groups is 1. The minimum Gasteiger partial charge on any atom is -0.508 e. The van der Waals surface area contributed by atoms with Crippen LogP contribution in [0.1, 0.15) is 32.1 Å². The Bertz CT molecular complexity index is 1090. The Kier molecular flexibility index (Phi) is 4.41. The summed E-state index contributed by atoms with van der Waals surface area (Å²) in [6.07, 6.45) is 3.66. The third kappa shape index (κ3) is 3.26. The maximum Gasteiger partial charge on any atom is 0.329 e. The van der Waals surface area contributed by atoms with E-state index in [2.05, 4.69) is 15.5 Å². The van der Waals surface area contributed by atoms with E-state index in [0.717, 1.165) is 19.3 Å². The SMILES string of the molecule is O=C1NS(=O)(=O)N(C2CCCCC2)C(=O)C1=NNc1nc2cc(O)ccc2o1. The highest BCUT2D eigenvalue weighted by Crippen LogP contribution is 2.26. The van der Waals surface area contributed by atoms with E-state index in [1.807, 2.05) is 4.72 Å². The topological polar surface area (TPSA) is 154 Å². The van der Waals surface area contributed by atoms with Crippen LogP contribution >= 0.6 is 0 Å². The molecule has 148 valence electrons. The molecule has 1 aliphatic carbocycles. The molecule has 1 aromatic carbocycles. The number of hydrazone groups is 1. The number of nitrogens with zero attached hydrogens (tertiary/aromatic N) is 3. The van der Waals surface area contributed by atoms with Gasteiger partial charge in [-0.3, -0.25) is 9.59 Å². The van der Waals surface area contributed by atoms with Crippen LogP contribution in [0.2, 0.25) is 0 Å². The summed E-state index contributed by atoms with van der Waals surface area (Å²) in [6, 6.07) is 3.64. The third-order valence-electron chi connectivity index (χ3n) is 4.64. The van der Waals surface area contributed by atoms with Gasteiger partial charge in [-0.2, -0.15) is 18.5 Å². The zero-order valence-corrected chi connectivity index (χ0v) is 15.4. The van der Waals surface area contributed by atoms with Gasteiger partial charge in [0.1, 0.15) is 11.3 Å². The van der Waals surface area contributed by atoms with E-state index in [-0.39, 0.29) is 11.8 Å². The summed E-state index contributed by atoms with van der Waals surface area (Å²) in [5, 5.41) is 13.2. The fourth-order valence-corrected chi connectivity index (χ4v) is 4.71. The van der Waals surface area contributed by atoms with Crippen LogP contribution in [0.5, 0.6) is 5.75 Å². The van der Waals surface area contributed by atoms with Crippen molar-refractivity contribution in [3.63, 3.8) is 0 Å². The van der Waals surface area contributed by atoms with Crippen LogP contribution in [-0.4, -0.2) is 46.4 Å². The second kappa shape index (κ2) is 6.78. The van der Waals surface area contributed by atoms with Gasteiger partial charge in [-0.05, 0) is 25.0 Å². The van der Waals surface area contributed by atoms with Crippen LogP contribution in [0.3, 0.4) is 0 Å². The van der Waals surface area contributed by atoms with Crippen LogP contribution in [0.4, 0.5) is 6.01 Å². The fourth-order valence-electron chi connectivity index (χ4n) is 3.37. The molecule has 0 atom stereocenters. The minimum atomic E-state index is -4.25. The predicted octanol–water partition coefficient (Wildman–Crippen LogP) is 0.837. The number of carbonyl (C=O) groups excluding carboxylic acids is 2. The molecule has 2 aliphatic rings. The smallest absolute Gasteiger partial charge is 0.329 e. The second-order valence-corrected chi connectivity index (χ2v) is 8.12. The van der Waals surface area contributed by atoms with Crippen LogP contribution in [-0.2, 0) is 19.8 Å². The van der Waals surface area contributed by atoms with Gasteiger partial charge in [-0.15, -0.1) is 0 Å². The number of amides is 2. The molecule has 2 heterocycles. The summed E-state index contributed by atoms with van der Waals surface area (Å²) >= 11 is 0. The lowest BCUT2D eigenvalue weighted by Crippen LogP contribution is -2.61. The molecule has 1 saturated heterocycles. The second-order valence-electron chi connectivity index (χ2n) is 6.57. The average Bonchev–Trinajstić information content (AvgIpc) is 3.03. The van der Waals surface area contributed by atoms with Gasteiger partial charge in [-0.25, -0.2) is 14.5 Å². The highest BCUT2D eigenvalue weighted by molar-refractivity contribution is 7.88. The number of rotatable bonds is 3. The molecule has 1 aliphatic heterocycles. The summed E-state index contributed by atoms with van der Waals surface area (Å²) < 4.78 is 32.5. The van der Waals surface area contributed by atoms with E-state index >= 15 is 0 Å². The summed E-state index contributed by atoms with van der Waals surface area (Å²) in [5.41, 5.74) is 2.45. The third-order valence-corrected chi connectivity index (χ3v) is 6.06. The molecule has 11 nitrogen and oxygen atoms in total. The Hall–Kier alpha value is -3.15. The van der Waals surface area contributed by atoms with Crippen molar-refractivity contribution in [1.82, 2.24) is 14.0 Å². The quantitative estimate of drug-likeness (QED) is 0.632. The molecule has 0 bridgehead atoms. The van der Waals surface area contributed by atoms with E-state index in [1.165, 1.54) is 18.2 Å². The zero-order chi connectivity index (χ0) is 19.9. The van der Waals surface area contributed by atoms with Crippen molar-refractivity contribution >= 4 is 44.8 Å². The lowest BCUT2D eigenvalue weighted by molar-refractivity contribution is -0.124. The largest absolute Gasteiger partial charge is 0.508 e. The number of oxazole rings is 1. The molecule has 1 aromatic heterocycles. The van der Waals surface area contributed by atoms with E-state index < -0.39 is 33.8 Å². The summed E-state index contributed by atoms with van der Waals surface area (Å²) in [5.74, 6) is -2.12. The minimum absolute atomic E-state index is 0.00571. The van der Waals surface area contributed by atoms with E-state index in [1.54, 1.807) is 0 Å². The van der Waals surface area contributed by atoms with Crippen LogP contribution in [0.25, 0.3) is 11.1 Å². The van der Waals surface area contributed by atoms with Gasteiger partial charge in [0.2, 0.25) is 5.71 Å². The molecule has 0 spiro atoms. The van der Waals surface area contributed by atoms with Crippen molar-refractivity contribution in [3.8, 4) is 5.75 Å². The van der Waals surface area contributed by atoms with Gasteiger partial charge in [0.25, 0.3) is 11.8 Å². The van der Waals surface area contributed by atoms with Gasteiger partial charge >= 0.3 is 16.2 Å². The van der Waals surface area contributed by atoms with Gasteiger partial charge in [-0.1, -0.05) is 19.3 Å². The lowest BCUT2D eigenvalue weighted by atomic mass is 9.95. The molecule has 2 fully saturated rings. The van der Waals surface area contributed by atoms with Crippen molar-refractivity contribution in [1.29, 1.82) is 0 Å². The normalized spacial score (nSPS) is 21.9. The molecule has 2 aromatic rings. The Balaban J connectivity index is 1.61. The number of hydrogen-bond donors (Lipinski definition) is 3. The number of phenolic OH excluding ortho intramolecular Hbond substituents is 1. The van der Waals surface area contributed by atoms with Crippen LogP contribution < -0.4 is 10.1 Å². The highest BCUT2D eigenvalue weighted by atomic mass is 32.2. The monoisotopic (exact) mass is 407 g/mol. The molecule has 0 unspecified atom stereocenters.